The number of nitriles is 1. The third kappa shape index (κ3) is 4.71. The fraction of sp³-hybridized carbons (Fsp3) is 0.286. The van der Waals surface area contributed by atoms with E-state index in [2.05, 4.69) is 15.3 Å². The first kappa shape index (κ1) is 26.2. The Morgan fingerprint density at radius 3 is 2.66 bits per heavy atom. The van der Waals surface area contributed by atoms with Crippen molar-refractivity contribution in [2.24, 2.45) is 0 Å². The Morgan fingerprint density at radius 1 is 1.15 bits per heavy atom. The normalized spacial score (nSPS) is 18.8. The van der Waals surface area contributed by atoms with Gasteiger partial charge in [-0.05, 0) is 37.5 Å². The van der Waals surface area contributed by atoms with Crippen LogP contribution in [0.4, 0.5) is 24.8 Å². The van der Waals surface area contributed by atoms with Gasteiger partial charge in [-0.1, -0.05) is 12.1 Å². The van der Waals surface area contributed by atoms with Crippen LogP contribution in [0, 0.1) is 11.3 Å². The lowest BCUT2D eigenvalue weighted by molar-refractivity contribution is -0.137. The molecule has 2 atom stereocenters. The van der Waals surface area contributed by atoms with Gasteiger partial charge in [0.15, 0.2) is 0 Å². The standard InChI is InChI=1S/C28H23F3N8O2/c29-28(30,31)20-11-21(35-13-18(20)12-32)36-27(41)16-3-1-15(2-4-16)23-24-25(33)34-9-10-38(24)26(37-23)17-5-6-19-7-8-22(40)39(19)14-17/h1-4,9-11,13,17,19H,5-8,14H2,(H2,33,34)(H,35,36,41). The number of anilines is 2. The largest absolute Gasteiger partial charge is 0.417 e. The molecule has 2 saturated heterocycles. The summed E-state index contributed by atoms with van der Waals surface area (Å²) < 4.78 is 41.8. The van der Waals surface area contributed by atoms with Gasteiger partial charge in [0.25, 0.3) is 5.91 Å². The minimum Gasteiger partial charge on any atom is -0.382 e. The lowest BCUT2D eigenvalue weighted by Gasteiger charge is -2.34. The van der Waals surface area contributed by atoms with Gasteiger partial charge >= 0.3 is 6.18 Å². The number of hydrogen-bond donors (Lipinski definition) is 2. The highest BCUT2D eigenvalue weighted by Crippen LogP contribution is 2.38. The number of aromatic nitrogens is 4. The number of piperidine rings is 1. The van der Waals surface area contributed by atoms with E-state index < -0.39 is 23.2 Å². The van der Waals surface area contributed by atoms with E-state index in [1.54, 1.807) is 24.5 Å². The number of hydrogen-bond acceptors (Lipinski definition) is 7. The van der Waals surface area contributed by atoms with Gasteiger partial charge in [0.2, 0.25) is 5.91 Å². The first-order chi connectivity index (χ1) is 19.6. The Morgan fingerprint density at radius 2 is 1.93 bits per heavy atom. The number of nitrogens with two attached hydrogens (primary N) is 1. The molecule has 2 aliphatic heterocycles. The molecular weight excluding hydrogens is 537 g/mol. The molecule has 2 aliphatic rings. The number of nitrogens with zero attached hydrogens (tertiary/aromatic N) is 6. The molecule has 0 aliphatic carbocycles. The number of pyridine rings is 1. The van der Waals surface area contributed by atoms with Gasteiger partial charge in [-0.15, -0.1) is 0 Å². The highest BCUT2D eigenvalue weighted by atomic mass is 19.4. The molecule has 5 heterocycles. The first-order valence-electron chi connectivity index (χ1n) is 12.9. The van der Waals surface area contributed by atoms with Gasteiger partial charge in [0.05, 0.1) is 11.1 Å². The van der Waals surface area contributed by atoms with Crippen molar-refractivity contribution in [3.63, 3.8) is 0 Å². The summed E-state index contributed by atoms with van der Waals surface area (Å²) in [4.78, 5) is 40.1. The second kappa shape index (κ2) is 9.88. The highest BCUT2D eigenvalue weighted by Gasteiger charge is 2.38. The summed E-state index contributed by atoms with van der Waals surface area (Å²) in [6, 6.07) is 8.74. The van der Waals surface area contributed by atoms with Crippen LogP contribution in [0.1, 0.15) is 58.9 Å². The average molecular weight is 561 g/mol. The Bertz CT molecular complexity index is 1730. The van der Waals surface area contributed by atoms with E-state index in [1.807, 2.05) is 9.30 Å². The van der Waals surface area contributed by atoms with Crippen LogP contribution in [-0.2, 0) is 11.0 Å². The molecule has 10 nitrogen and oxygen atoms in total. The van der Waals surface area contributed by atoms with Crippen LogP contribution in [0.2, 0.25) is 0 Å². The number of carbonyl (C=O) groups excluding carboxylic acids is 2. The van der Waals surface area contributed by atoms with E-state index in [9.17, 15) is 22.8 Å². The zero-order chi connectivity index (χ0) is 28.9. The molecule has 0 radical (unpaired) electrons. The van der Waals surface area contributed by atoms with Crippen molar-refractivity contribution < 1.29 is 22.8 Å². The number of nitrogens with one attached hydrogen (secondary N) is 1. The first-order valence-corrected chi connectivity index (χ1v) is 12.9. The number of benzene rings is 1. The van der Waals surface area contributed by atoms with E-state index >= 15 is 0 Å². The molecule has 3 aromatic heterocycles. The molecule has 2 amide bonds. The monoisotopic (exact) mass is 560 g/mol. The number of carbonyl (C=O) groups is 2. The SMILES string of the molecule is N#Cc1cnc(NC(=O)c2ccc(-c3nc(C4CCC5CCC(=O)N5C4)n4ccnc(N)c34)cc2)cc1C(F)(F)F. The van der Waals surface area contributed by atoms with Gasteiger partial charge in [0.1, 0.15) is 34.7 Å². The summed E-state index contributed by atoms with van der Waals surface area (Å²) >= 11 is 0. The van der Waals surface area contributed by atoms with Crippen molar-refractivity contribution in [3.05, 3.63) is 71.4 Å². The summed E-state index contributed by atoms with van der Waals surface area (Å²) in [5, 5.41) is 11.3. The van der Waals surface area contributed by atoms with E-state index in [0.29, 0.717) is 35.8 Å². The summed E-state index contributed by atoms with van der Waals surface area (Å²) in [7, 11) is 0. The molecule has 1 aromatic carbocycles. The zero-order valence-corrected chi connectivity index (χ0v) is 21.5. The maximum Gasteiger partial charge on any atom is 0.417 e. The van der Waals surface area contributed by atoms with Crippen LogP contribution in [0.3, 0.4) is 0 Å². The van der Waals surface area contributed by atoms with Crippen LogP contribution in [0.15, 0.2) is 48.9 Å². The van der Waals surface area contributed by atoms with Gasteiger partial charge in [-0.3, -0.25) is 14.0 Å². The minimum atomic E-state index is -4.78. The summed E-state index contributed by atoms with van der Waals surface area (Å²) in [5.41, 5.74) is 6.45. The van der Waals surface area contributed by atoms with E-state index in [4.69, 9.17) is 16.0 Å². The topological polar surface area (TPSA) is 142 Å². The average Bonchev–Trinajstić information content (AvgIpc) is 3.54. The molecule has 13 heteroatoms. The molecule has 6 rings (SSSR count). The number of halogens is 3. The number of rotatable bonds is 4. The number of fused-ring (bicyclic) bond motifs is 2. The van der Waals surface area contributed by atoms with Crippen LogP contribution in [-0.4, -0.2) is 48.7 Å². The lowest BCUT2D eigenvalue weighted by Crippen LogP contribution is -2.41. The van der Waals surface area contributed by atoms with Crippen LogP contribution < -0.4 is 11.1 Å². The van der Waals surface area contributed by atoms with Crippen molar-refractivity contribution >= 4 is 29.0 Å². The van der Waals surface area contributed by atoms with Crippen LogP contribution in [0.5, 0.6) is 0 Å². The summed E-state index contributed by atoms with van der Waals surface area (Å²) in [6.45, 7) is 0.586. The van der Waals surface area contributed by atoms with E-state index in [1.165, 1.54) is 18.2 Å². The predicted octanol–water partition coefficient (Wildman–Crippen LogP) is 4.38. The highest BCUT2D eigenvalue weighted by molar-refractivity contribution is 6.04. The van der Waals surface area contributed by atoms with Crippen LogP contribution in [0.25, 0.3) is 16.8 Å². The fourth-order valence-corrected chi connectivity index (χ4v) is 5.67. The molecule has 2 unspecified atom stereocenters. The van der Waals surface area contributed by atoms with E-state index in [-0.39, 0.29) is 35.1 Å². The van der Waals surface area contributed by atoms with Gasteiger partial charge < -0.3 is 16.0 Å². The molecular formula is C28H23F3N8O2. The van der Waals surface area contributed by atoms with E-state index in [0.717, 1.165) is 31.3 Å². The van der Waals surface area contributed by atoms with Gasteiger partial charge in [-0.2, -0.15) is 18.4 Å². The molecule has 3 N–H and O–H groups in total. The quantitative estimate of drug-likeness (QED) is 0.377. The molecule has 4 aromatic rings. The third-order valence-corrected chi connectivity index (χ3v) is 7.69. The molecule has 208 valence electrons. The maximum atomic E-state index is 13.3. The Kier molecular flexibility index (Phi) is 6.33. The summed E-state index contributed by atoms with van der Waals surface area (Å²) in [6.07, 6.45) is 2.63. The molecule has 0 bridgehead atoms. The van der Waals surface area contributed by atoms with Crippen LogP contribution >= 0.6 is 0 Å². The molecule has 41 heavy (non-hydrogen) atoms. The number of amides is 2. The number of alkyl halides is 3. The smallest absolute Gasteiger partial charge is 0.382 e. The zero-order valence-electron chi connectivity index (χ0n) is 21.5. The molecule has 0 saturated carbocycles. The third-order valence-electron chi connectivity index (χ3n) is 7.69. The lowest BCUT2D eigenvalue weighted by atomic mass is 9.92. The fourth-order valence-electron chi connectivity index (χ4n) is 5.67. The molecule has 0 spiro atoms. The maximum absolute atomic E-state index is 13.3. The van der Waals surface area contributed by atoms with Crippen molar-refractivity contribution in [1.82, 2.24) is 24.3 Å². The Labute approximate surface area is 231 Å². The predicted molar refractivity (Wildman–Crippen MR) is 141 cm³/mol. The Hall–Kier alpha value is -4.99. The van der Waals surface area contributed by atoms with Crippen molar-refractivity contribution in [2.45, 2.75) is 43.8 Å². The van der Waals surface area contributed by atoms with Gasteiger partial charge in [0, 0.05) is 54.6 Å². The number of nitrogen functional groups attached to an aromatic ring is 1. The van der Waals surface area contributed by atoms with Crippen molar-refractivity contribution in [1.29, 1.82) is 5.26 Å². The second-order valence-corrected chi connectivity index (χ2v) is 10.1. The van der Waals surface area contributed by atoms with Crippen molar-refractivity contribution in [3.8, 4) is 17.3 Å². The second-order valence-electron chi connectivity index (χ2n) is 10.1. The Balaban J connectivity index is 1.28. The minimum absolute atomic E-state index is 0.0166. The number of imidazole rings is 1. The van der Waals surface area contributed by atoms with Crippen molar-refractivity contribution in [2.75, 3.05) is 17.6 Å². The molecule has 2 fully saturated rings. The summed E-state index contributed by atoms with van der Waals surface area (Å²) in [5.74, 6) is 0.230. The van der Waals surface area contributed by atoms with Gasteiger partial charge in [-0.25, -0.2) is 15.0 Å².